The fourth-order valence-electron chi connectivity index (χ4n) is 4.05. The molecule has 2 aromatic rings. The highest BCUT2D eigenvalue weighted by molar-refractivity contribution is 7.89. The number of nitrogens with one attached hydrogen (secondary N) is 1. The number of piperazine rings is 1. The van der Waals surface area contributed by atoms with Crippen molar-refractivity contribution >= 4 is 38.1 Å². The predicted octanol–water partition coefficient (Wildman–Crippen LogP) is 3.06. The average Bonchev–Trinajstić information content (AvgIpc) is 3.25. The molecule has 1 aromatic carbocycles. The summed E-state index contributed by atoms with van der Waals surface area (Å²) >= 11 is 1.66. The number of hydrogen-bond acceptors (Lipinski definition) is 7. The van der Waals surface area contributed by atoms with Gasteiger partial charge in [0.05, 0.1) is 4.90 Å². The molecule has 162 valence electrons. The monoisotopic (exact) mass is 449 g/mol. The lowest BCUT2D eigenvalue weighted by Gasteiger charge is -2.33. The molecule has 1 saturated heterocycles. The van der Waals surface area contributed by atoms with Crippen molar-refractivity contribution in [3.8, 4) is 0 Å². The summed E-state index contributed by atoms with van der Waals surface area (Å²) in [6.45, 7) is 3.44. The van der Waals surface area contributed by atoms with Gasteiger partial charge in [0.1, 0.15) is 5.01 Å². The van der Waals surface area contributed by atoms with Crippen LogP contribution in [0.15, 0.2) is 29.2 Å². The Hall–Kier alpha value is -2.04. The number of anilines is 2. The van der Waals surface area contributed by atoms with Crippen molar-refractivity contribution in [2.45, 2.75) is 49.8 Å². The number of rotatable bonds is 5. The Labute approximate surface area is 181 Å². The van der Waals surface area contributed by atoms with E-state index in [-0.39, 0.29) is 10.8 Å². The Morgan fingerprint density at radius 2 is 1.70 bits per heavy atom. The molecule has 1 amide bonds. The Kier molecular flexibility index (Phi) is 6.35. The van der Waals surface area contributed by atoms with Crippen LogP contribution in [0.25, 0.3) is 0 Å². The molecule has 1 aromatic heterocycles. The van der Waals surface area contributed by atoms with Gasteiger partial charge >= 0.3 is 0 Å². The topological polar surface area (TPSA) is 95.5 Å². The van der Waals surface area contributed by atoms with Crippen LogP contribution >= 0.6 is 11.3 Å². The molecule has 2 aliphatic rings. The second kappa shape index (κ2) is 8.99. The third-order valence-corrected chi connectivity index (χ3v) is 8.77. The second-order valence-electron chi connectivity index (χ2n) is 7.85. The molecular formula is C20H27N5O3S2. The van der Waals surface area contributed by atoms with E-state index in [4.69, 9.17) is 0 Å². The van der Waals surface area contributed by atoms with Gasteiger partial charge < -0.3 is 10.2 Å². The third-order valence-electron chi connectivity index (χ3n) is 5.71. The van der Waals surface area contributed by atoms with Crippen LogP contribution in [0.2, 0.25) is 0 Å². The van der Waals surface area contributed by atoms with Crippen LogP contribution in [-0.4, -0.2) is 55.0 Å². The van der Waals surface area contributed by atoms with E-state index in [9.17, 15) is 13.2 Å². The number of hydrogen-bond donors (Lipinski definition) is 1. The van der Waals surface area contributed by atoms with E-state index in [1.165, 1.54) is 55.5 Å². The van der Waals surface area contributed by atoms with Crippen LogP contribution in [0.3, 0.4) is 0 Å². The normalized spacial score (nSPS) is 19.0. The lowest BCUT2D eigenvalue weighted by molar-refractivity contribution is -0.114. The summed E-state index contributed by atoms with van der Waals surface area (Å²) in [6.07, 6.45) is 6.24. The van der Waals surface area contributed by atoms with Gasteiger partial charge in [-0.15, -0.1) is 10.2 Å². The quantitative estimate of drug-likeness (QED) is 0.754. The van der Waals surface area contributed by atoms with Crippen molar-refractivity contribution in [1.82, 2.24) is 14.5 Å². The summed E-state index contributed by atoms with van der Waals surface area (Å²) in [6, 6.07) is 6.29. The summed E-state index contributed by atoms with van der Waals surface area (Å²) in [5, 5.41) is 13.5. The third kappa shape index (κ3) is 4.65. The average molecular weight is 450 g/mol. The highest BCUT2D eigenvalue weighted by Gasteiger charge is 2.30. The van der Waals surface area contributed by atoms with Crippen molar-refractivity contribution in [2.75, 3.05) is 36.4 Å². The smallest absolute Gasteiger partial charge is 0.243 e. The van der Waals surface area contributed by atoms with Crippen molar-refractivity contribution in [1.29, 1.82) is 0 Å². The van der Waals surface area contributed by atoms with Crippen LogP contribution in [0.4, 0.5) is 10.8 Å². The molecule has 0 unspecified atom stereocenters. The Bertz CT molecular complexity index is 976. The maximum atomic E-state index is 13.0. The molecule has 0 bridgehead atoms. The first-order valence-electron chi connectivity index (χ1n) is 10.4. The van der Waals surface area contributed by atoms with E-state index >= 15 is 0 Å². The van der Waals surface area contributed by atoms with E-state index in [1.807, 2.05) is 0 Å². The first-order valence-corrected chi connectivity index (χ1v) is 12.7. The molecule has 30 heavy (non-hydrogen) atoms. The maximum absolute atomic E-state index is 13.0. The first kappa shape index (κ1) is 21.2. The molecule has 0 spiro atoms. The fraction of sp³-hybridized carbons (Fsp3) is 0.550. The number of aromatic nitrogens is 2. The minimum Gasteiger partial charge on any atom is -0.344 e. The zero-order chi connectivity index (χ0) is 21.1. The molecule has 0 radical (unpaired) electrons. The van der Waals surface area contributed by atoms with Gasteiger partial charge in [-0.3, -0.25) is 4.79 Å². The number of sulfonamides is 1. The highest BCUT2D eigenvalue weighted by Crippen LogP contribution is 2.36. The molecule has 8 nitrogen and oxygen atoms in total. The minimum atomic E-state index is -3.56. The number of amides is 1. The van der Waals surface area contributed by atoms with Crippen molar-refractivity contribution < 1.29 is 13.2 Å². The van der Waals surface area contributed by atoms with Gasteiger partial charge in [-0.1, -0.05) is 30.6 Å². The summed E-state index contributed by atoms with van der Waals surface area (Å²) < 4.78 is 27.5. The summed E-state index contributed by atoms with van der Waals surface area (Å²) in [5.41, 5.74) is 0.580. The van der Waals surface area contributed by atoms with Gasteiger partial charge in [-0.25, -0.2) is 8.42 Å². The molecule has 2 fully saturated rings. The van der Waals surface area contributed by atoms with Crippen molar-refractivity contribution in [3.05, 3.63) is 29.3 Å². The number of carbonyl (C=O) groups is 1. The number of benzene rings is 1. The largest absolute Gasteiger partial charge is 0.344 e. The maximum Gasteiger partial charge on any atom is 0.243 e. The highest BCUT2D eigenvalue weighted by atomic mass is 32.2. The van der Waals surface area contributed by atoms with Gasteiger partial charge in [0.15, 0.2) is 0 Å². The summed E-state index contributed by atoms with van der Waals surface area (Å²) in [7, 11) is -3.56. The van der Waals surface area contributed by atoms with Crippen LogP contribution in [0.5, 0.6) is 0 Å². The van der Waals surface area contributed by atoms with Gasteiger partial charge in [-0.2, -0.15) is 4.31 Å². The summed E-state index contributed by atoms with van der Waals surface area (Å²) in [5.74, 6) is 0.345. The van der Waals surface area contributed by atoms with Crippen LogP contribution in [0, 0.1) is 0 Å². The SMILES string of the molecule is CC(=O)Nc1ccc(S(=O)(=O)N2CCN(c3nnc(C4CCCCC4)s3)CC2)cc1. The van der Waals surface area contributed by atoms with E-state index in [1.54, 1.807) is 23.5 Å². The summed E-state index contributed by atoms with van der Waals surface area (Å²) in [4.78, 5) is 13.5. The van der Waals surface area contributed by atoms with Gasteiger partial charge in [0.2, 0.25) is 21.1 Å². The van der Waals surface area contributed by atoms with Crippen molar-refractivity contribution in [2.24, 2.45) is 0 Å². The number of carbonyl (C=O) groups excluding carboxylic acids is 1. The predicted molar refractivity (Wildman–Crippen MR) is 117 cm³/mol. The van der Waals surface area contributed by atoms with Gasteiger partial charge in [-0.05, 0) is 37.1 Å². The van der Waals surface area contributed by atoms with Gasteiger partial charge in [0, 0.05) is 44.7 Å². The standard InChI is InChI=1S/C20H27N5O3S2/c1-15(26)21-17-7-9-18(10-8-17)30(27,28)25-13-11-24(12-14-25)20-23-22-19(29-20)16-5-3-2-4-6-16/h7-10,16H,2-6,11-14H2,1H3,(H,21,26). The van der Waals surface area contributed by atoms with E-state index < -0.39 is 10.0 Å². The number of nitrogens with zero attached hydrogens (tertiary/aromatic N) is 4. The van der Waals surface area contributed by atoms with Crippen LogP contribution in [0.1, 0.15) is 50.0 Å². The molecule has 1 aliphatic heterocycles. The molecule has 1 aliphatic carbocycles. The molecule has 1 saturated carbocycles. The molecule has 1 N–H and O–H groups in total. The molecule has 4 rings (SSSR count). The molecular weight excluding hydrogens is 422 g/mol. The zero-order valence-electron chi connectivity index (χ0n) is 17.1. The first-order chi connectivity index (χ1) is 14.4. The molecule has 2 heterocycles. The van der Waals surface area contributed by atoms with E-state index in [2.05, 4.69) is 20.4 Å². The Balaban J connectivity index is 1.38. The lowest BCUT2D eigenvalue weighted by atomic mass is 9.90. The van der Waals surface area contributed by atoms with Gasteiger partial charge in [0.25, 0.3) is 0 Å². The van der Waals surface area contributed by atoms with Crippen molar-refractivity contribution in [3.63, 3.8) is 0 Å². The van der Waals surface area contributed by atoms with Crippen LogP contribution in [-0.2, 0) is 14.8 Å². The molecule has 0 atom stereocenters. The second-order valence-corrected chi connectivity index (χ2v) is 10.8. The van der Waals surface area contributed by atoms with Crippen LogP contribution < -0.4 is 10.2 Å². The van der Waals surface area contributed by atoms with E-state index in [0.29, 0.717) is 37.8 Å². The minimum absolute atomic E-state index is 0.190. The fourth-order valence-corrected chi connectivity index (χ4v) is 6.54. The molecule has 10 heteroatoms. The zero-order valence-corrected chi connectivity index (χ0v) is 18.7. The lowest BCUT2D eigenvalue weighted by Crippen LogP contribution is -2.48. The Morgan fingerprint density at radius 3 is 2.33 bits per heavy atom. The Morgan fingerprint density at radius 1 is 1.03 bits per heavy atom. The van der Waals surface area contributed by atoms with E-state index in [0.717, 1.165) is 10.1 Å².